The summed E-state index contributed by atoms with van der Waals surface area (Å²) in [5, 5.41) is 6.02. The molecular weight excluding hydrogens is 288 g/mol. The second kappa shape index (κ2) is 9.33. The van der Waals surface area contributed by atoms with E-state index in [2.05, 4.69) is 17.6 Å². The van der Waals surface area contributed by atoms with Crippen LogP contribution in [0.5, 0.6) is 0 Å². The topological polar surface area (TPSA) is 58.2 Å². The summed E-state index contributed by atoms with van der Waals surface area (Å²) in [5.74, 6) is 0.434. The Hall–Kier alpha value is -1.84. The SMILES string of the molecule is CCCCNC(=O)C1CCC(C(=O)NCc2ccccc2)CC1. The van der Waals surface area contributed by atoms with Crippen LogP contribution in [0.25, 0.3) is 0 Å². The number of hydrogen-bond donors (Lipinski definition) is 2. The maximum Gasteiger partial charge on any atom is 0.223 e. The molecule has 0 aliphatic heterocycles. The molecule has 2 rings (SSSR count). The van der Waals surface area contributed by atoms with E-state index in [-0.39, 0.29) is 23.7 Å². The number of hydrogen-bond acceptors (Lipinski definition) is 2. The molecule has 1 saturated carbocycles. The Kier molecular flexibility index (Phi) is 7.11. The van der Waals surface area contributed by atoms with Gasteiger partial charge in [0, 0.05) is 24.9 Å². The third kappa shape index (κ3) is 5.70. The van der Waals surface area contributed by atoms with Crippen molar-refractivity contribution in [3.63, 3.8) is 0 Å². The van der Waals surface area contributed by atoms with Crippen LogP contribution in [0.4, 0.5) is 0 Å². The average molecular weight is 316 g/mol. The third-order valence-electron chi connectivity index (χ3n) is 4.61. The van der Waals surface area contributed by atoms with Crippen molar-refractivity contribution in [1.82, 2.24) is 10.6 Å². The number of unbranched alkanes of at least 4 members (excludes halogenated alkanes) is 1. The first kappa shape index (κ1) is 17.5. The summed E-state index contributed by atoms with van der Waals surface area (Å²) in [6.07, 6.45) is 5.39. The van der Waals surface area contributed by atoms with Gasteiger partial charge in [-0.2, -0.15) is 0 Å². The smallest absolute Gasteiger partial charge is 0.223 e. The van der Waals surface area contributed by atoms with Crippen molar-refractivity contribution in [3.8, 4) is 0 Å². The third-order valence-corrected chi connectivity index (χ3v) is 4.61. The first-order chi connectivity index (χ1) is 11.2. The van der Waals surface area contributed by atoms with Gasteiger partial charge >= 0.3 is 0 Å². The van der Waals surface area contributed by atoms with Crippen LogP contribution in [0.1, 0.15) is 51.0 Å². The van der Waals surface area contributed by atoms with Crippen molar-refractivity contribution in [2.24, 2.45) is 11.8 Å². The van der Waals surface area contributed by atoms with Crippen LogP contribution in [-0.4, -0.2) is 18.4 Å². The summed E-state index contributed by atoms with van der Waals surface area (Å²) in [7, 11) is 0. The highest BCUT2D eigenvalue weighted by Gasteiger charge is 2.29. The minimum absolute atomic E-state index is 0.0541. The van der Waals surface area contributed by atoms with Crippen LogP contribution >= 0.6 is 0 Å². The van der Waals surface area contributed by atoms with Gasteiger partial charge in [0.25, 0.3) is 0 Å². The number of carbonyl (C=O) groups excluding carboxylic acids is 2. The predicted octanol–water partition coefficient (Wildman–Crippen LogP) is 3.03. The lowest BCUT2D eigenvalue weighted by Gasteiger charge is -2.27. The molecule has 0 spiro atoms. The van der Waals surface area contributed by atoms with E-state index in [1.54, 1.807) is 0 Å². The van der Waals surface area contributed by atoms with Crippen molar-refractivity contribution in [2.75, 3.05) is 6.54 Å². The van der Waals surface area contributed by atoms with Gasteiger partial charge in [-0.05, 0) is 37.7 Å². The second-order valence-electron chi connectivity index (χ2n) is 6.40. The van der Waals surface area contributed by atoms with E-state index in [4.69, 9.17) is 0 Å². The van der Waals surface area contributed by atoms with Gasteiger partial charge in [0.1, 0.15) is 0 Å². The molecule has 0 radical (unpaired) electrons. The Labute approximate surface area is 139 Å². The molecule has 0 unspecified atom stereocenters. The molecule has 0 saturated heterocycles. The molecule has 1 aliphatic carbocycles. The van der Waals surface area contributed by atoms with Crippen molar-refractivity contribution < 1.29 is 9.59 Å². The van der Waals surface area contributed by atoms with Gasteiger partial charge in [0.2, 0.25) is 11.8 Å². The molecule has 0 atom stereocenters. The molecule has 126 valence electrons. The molecule has 0 aromatic heterocycles. The summed E-state index contributed by atoms with van der Waals surface area (Å²) in [5.41, 5.74) is 1.12. The summed E-state index contributed by atoms with van der Waals surface area (Å²) in [6, 6.07) is 9.95. The van der Waals surface area contributed by atoms with Gasteiger partial charge in [-0.15, -0.1) is 0 Å². The van der Waals surface area contributed by atoms with E-state index in [0.29, 0.717) is 6.54 Å². The number of amides is 2. The molecule has 2 N–H and O–H groups in total. The second-order valence-corrected chi connectivity index (χ2v) is 6.40. The van der Waals surface area contributed by atoms with Crippen LogP contribution in [-0.2, 0) is 16.1 Å². The van der Waals surface area contributed by atoms with Crippen molar-refractivity contribution in [3.05, 3.63) is 35.9 Å². The largest absolute Gasteiger partial charge is 0.356 e. The lowest BCUT2D eigenvalue weighted by Crippen LogP contribution is -2.37. The minimum atomic E-state index is 0.0541. The molecule has 1 fully saturated rings. The van der Waals surface area contributed by atoms with Crippen molar-refractivity contribution in [1.29, 1.82) is 0 Å². The first-order valence-corrected chi connectivity index (χ1v) is 8.80. The van der Waals surface area contributed by atoms with E-state index in [1.165, 1.54) is 0 Å². The molecule has 0 heterocycles. The van der Waals surface area contributed by atoms with Crippen molar-refractivity contribution >= 4 is 11.8 Å². The van der Waals surface area contributed by atoms with Crippen LogP contribution in [0.2, 0.25) is 0 Å². The standard InChI is InChI=1S/C19H28N2O2/c1-2-3-13-20-18(22)16-9-11-17(12-10-16)19(23)21-14-15-7-5-4-6-8-15/h4-8,16-17H,2-3,9-14H2,1H3,(H,20,22)(H,21,23). The molecule has 2 amide bonds. The molecule has 4 heteroatoms. The fourth-order valence-electron chi connectivity index (χ4n) is 3.08. The zero-order chi connectivity index (χ0) is 16.5. The zero-order valence-electron chi connectivity index (χ0n) is 14.0. The van der Waals surface area contributed by atoms with Gasteiger partial charge in [-0.1, -0.05) is 43.7 Å². The Bertz CT molecular complexity index is 493. The Morgan fingerprint density at radius 1 is 0.957 bits per heavy atom. The normalized spacial score (nSPS) is 20.7. The highest BCUT2D eigenvalue weighted by molar-refractivity contribution is 5.81. The van der Waals surface area contributed by atoms with E-state index < -0.39 is 0 Å². The summed E-state index contributed by atoms with van der Waals surface area (Å²) < 4.78 is 0. The van der Waals surface area contributed by atoms with Gasteiger partial charge in [0.15, 0.2) is 0 Å². The quantitative estimate of drug-likeness (QED) is 0.760. The molecule has 1 aliphatic rings. The summed E-state index contributed by atoms with van der Waals surface area (Å²) in [4.78, 5) is 24.3. The Morgan fingerprint density at radius 2 is 1.52 bits per heavy atom. The highest BCUT2D eigenvalue weighted by atomic mass is 16.2. The average Bonchev–Trinajstić information content (AvgIpc) is 2.61. The van der Waals surface area contributed by atoms with Crippen LogP contribution in [0.3, 0.4) is 0 Å². The highest BCUT2D eigenvalue weighted by Crippen LogP contribution is 2.29. The van der Waals surface area contributed by atoms with E-state index in [1.807, 2.05) is 30.3 Å². The Balaban J connectivity index is 1.69. The van der Waals surface area contributed by atoms with E-state index in [0.717, 1.165) is 50.6 Å². The molecule has 1 aromatic rings. The van der Waals surface area contributed by atoms with Gasteiger partial charge in [-0.25, -0.2) is 0 Å². The number of carbonyl (C=O) groups is 2. The van der Waals surface area contributed by atoms with E-state index in [9.17, 15) is 9.59 Å². The molecule has 4 nitrogen and oxygen atoms in total. The molecule has 0 bridgehead atoms. The van der Waals surface area contributed by atoms with Crippen LogP contribution in [0, 0.1) is 11.8 Å². The first-order valence-electron chi connectivity index (χ1n) is 8.80. The monoisotopic (exact) mass is 316 g/mol. The lowest BCUT2D eigenvalue weighted by atomic mass is 9.81. The Morgan fingerprint density at radius 3 is 2.09 bits per heavy atom. The van der Waals surface area contributed by atoms with Crippen LogP contribution < -0.4 is 10.6 Å². The van der Waals surface area contributed by atoms with Gasteiger partial charge < -0.3 is 10.6 Å². The fourth-order valence-corrected chi connectivity index (χ4v) is 3.08. The van der Waals surface area contributed by atoms with Crippen molar-refractivity contribution in [2.45, 2.75) is 52.0 Å². The lowest BCUT2D eigenvalue weighted by molar-refractivity contribution is -0.130. The molecule has 23 heavy (non-hydrogen) atoms. The van der Waals surface area contributed by atoms with Gasteiger partial charge in [0.05, 0.1) is 0 Å². The maximum atomic E-state index is 12.2. The number of benzene rings is 1. The molecular formula is C19H28N2O2. The number of nitrogens with one attached hydrogen (secondary N) is 2. The van der Waals surface area contributed by atoms with Crippen LogP contribution in [0.15, 0.2) is 30.3 Å². The summed E-state index contributed by atoms with van der Waals surface area (Å²) in [6.45, 7) is 3.47. The fraction of sp³-hybridized carbons (Fsp3) is 0.579. The minimum Gasteiger partial charge on any atom is -0.356 e. The summed E-state index contributed by atoms with van der Waals surface area (Å²) >= 11 is 0. The van der Waals surface area contributed by atoms with E-state index >= 15 is 0 Å². The number of rotatable bonds is 7. The molecule has 1 aromatic carbocycles. The maximum absolute atomic E-state index is 12.2. The van der Waals surface area contributed by atoms with Gasteiger partial charge in [-0.3, -0.25) is 9.59 Å². The predicted molar refractivity (Wildman–Crippen MR) is 91.7 cm³/mol. The zero-order valence-corrected chi connectivity index (χ0v) is 14.0.